The first-order valence-corrected chi connectivity index (χ1v) is 9.51. The predicted octanol–water partition coefficient (Wildman–Crippen LogP) is 3.35. The van der Waals surface area contributed by atoms with Crippen molar-refractivity contribution in [1.82, 2.24) is 4.90 Å². The van der Waals surface area contributed by atoms with Crippen LogP contribution in [0.15, 0.2) is 33.8 Å². The molecule has 1 aromatic rings. The molecular formula is C16H18N2O3S2. The van der Waals surface area contributed by atoms with Crippen LogP contribution in [0.4, 0.5) is 0 Å². The van der Waals surface area contributed by atoms with Crippen LogP contribution in [0, 0.1) is 0 Å². The lowest BCUT2D eigenvalue weighted by Crippen LogP contribution is -2.39. The van der Waals surface area contributed by atoms with E-state index in [-0.39, 0.29) is 11.9 Å². The van der Waals surface area contributed by atoms with Gasteiger partial charge in [0.15, 0.2) is 5.17 Å². The van der Waals surface area contributed by atoms with E-state index in [1.807, 2.05) is 17.5 Å². The molecule has 3 rings (SSSR count). The minimum Gasteiger partial charge on any atom is -0.463 e. The Morgan fingerprint density at radius 1 is 1.48 bits per heavy atom. The van der Waals surface area contributed by atoms with E-state index < -0.39 is 6.04 Å². The second-order valence-electron chi connectivity index (χ2n) is 5.20. The molecule has 2 aliphatic rings. The SMILES string of the molecule is CCCC1=C(C(=O)OCC)C(c2cccs2)N2C(=O)CSC2=N1. The highest BCUT2D eigenvalue weighted by Crippen LogP contribution is 2.43. The average Bonchev–Trinajstić information content (AvgIpc) is 3.17. The van der Waals surface area contributed by atoms with Crippen LogP contribution < -0.4 is 0 Å². The van der Waals surface area contributed by atoms with Gasteiger partial charge in [0.25, 0.3) is 0 Å². The first kappa shape index (κ1) is 16.3. The lowest BCUT2D eigenvalue weighted by atomic mass is 9.98. The predicted molar refractivity (Wildman–Crippen MR) is 92.4 cm³/mol. The van der Waals surface area contributed by atoms with E-state index in [1.165, 1.54) is 23.1 Å². The summed E-state index contributed by atoms with van der Waals surface area (Å²) < 4.78 is 5.26. The summed E-state index contributed by atoms with van der Waals surface area (Å²) in [6, 6.07) is 3.48. The maximum atomic E-state index is 12.6. The summed E-state index contributed by atoms with van der Waals surface area (Å²) in [7, 11) is 0. The molecule has 7 heteroatoms. The van der Waals surface area contributed by atoms with Gasteiger partial charge in [-0.3, -0.25) is 9.69 Å². The highest BCUT2D eigenvalue weighted by molar-refractivity contribution is 8.15. The summed E-state index contributed by atoms with van der Waals surface area (Å²) in [5.74, 6) is -0.0118. The standard InChI is InChI=1S/C16H18N2O3S2/c1-3-6-10-13(15(20)21-4-2)14(11-7-5-8-22-11)18-12(19)9-23-16(18)17-10/h5,7-8,14H,3-4,6,9H2,1-2H3. The molecule has 2 aliphatic heterocycles. The number of thiophene rings is 1. The third-order valence-corrected chi connectivity index (χ3v) is 5.53. The van der Waals surface area contributed by atoms with E-state index in [2.05, 4.69) is 11.9 Å². The van der Waals surface area contributed by atoms with Crippen molar-refractivity contribution in [3.05, 3.63) is 33.7 Å². The van der Waals surface area contributed by atoms with E-state index >= 15 is 0 Å². The van der Waals surface area contributed by atoms with Gasteiger partial charge in [-0.25, -0.2) is 9.79 Å². The number of rotatable bonds is 5. The molecule has 1 atom stereocenters. The van der Waals surface area contributed by atoms with Gasteiger partial charge in [-0.05, 0) is 24.8 Å². The van der Waals surface area contributed by atoms with Gasteiger partial charge < -0.3 is 4.74 Å². The fraction of sp³-hybridized carbons (Fsp3) is 0.438. The van der Waals surface area contributed by atoms with Crippen molar-refractivity contribution in [2.24, 2.45) is 4.99 Å². The molecule has 0 bridgehead atoms. The summed E-state index contributed by atoms with van der Waals surface area (Å²) in [6.07, 6.45) is 1.58. The molecule has 122 valence electrons. The number of carbonyl (C=O) groups is 2. The molecular weight excluding hydrogens is 332 g/mol. The van der Waals surface area contributed by atoms with Crippen LogP contribution in [0.1, 0.15) is 37.6 Å². The third kappa shape index (κ3) is 2.95. The molecule has 0 spiro atoms. The Balaban J connectivity index is 2.14. The quantitative estimate of drug-likeness (QED) is 0.764. The van der Waals surface area contributed by atoms with Crippen LogP contribution in [0.3, 0.4) is 0 Å². The molecule has 1 amide bonds. The number of hydrogen-bond acceptors (Lipinski definition) is 6. The summed E-state index contributed by atoms with van der Waals surface area (Å²) in [5.41, 5.74) is 1.26. The Morgan fingerprint density at radius 3 is 2.96 bits per heavy atom. The minimum atomic E-state index is -0.411. The van der Waals surface area contributed by atoms with Crippen LogP contribution in [0.5, 0.6) is 0 Å². The van der Waals surface area contributed by atoms with Gasteiger partial charge in [-0.1, -0.05) is 31.2 Å². The Morgan fingerprint density at radius 2 is 2.30 bits per heavy atom. The Hall–Kier alpha value is -1.60. The van der Waals surface area contributed by atoms with Gasteiger partial charge >= 0.3 is 5.97 Å². The summed E-state index contributed by atoms with van der Waals surface area (Å²) in [5, 5.41) is 2.65. The zero-order valence-electron chi connectivity index (χ0n) is 13.1. The lowest BCUT2D eigenvalue weighted by Gasteiger charge is -2.32. The van der Waals surface area contributed by atoms with Crippen LogP contribution in [0.25, 0.3) is 0 Å². The molecule has 0 saturated carbocycles. The normalized spacial score (nSPS) is 20.6. The van der Waals surface area contributed by atoms with Gasteiger partial charge in [0.2, 0.25) is 5.91 Å². The van der Waals surface area contributed by atoms with E-state index in [0.717, 1.165) is 17.0 Å². The first-order valence-electron chi connectivity index (χ1n) is 7.64. The van der Waals surface area contributed by atoms with Crippen LogP contribution in [-0.4, -0.2) is 34.3 Å². The second-order valence-corrected chi connectivity index (χ2v) is 7.12. The van der Waals surface area contributed by atoms with Crippen LogP contribution >= 0.6 is 23.1 Å². The van der Waals surface area contributed by atoms with Gasteiger partial charge in [0.05, 0.1) is 23.6 Å². The fourth-order valence-electron chi connectivity index (χ4n) is 2.76. The Labute approximate surface area is 143 Å². The maximum Gasteiger partial charge on any atom is 0.338 e. The number of esters is 1. The molecule has 0 N–H and O–H groups in total. The van der Waals surface area contributed by atoms with Crippen molar-refractivity contribution in [2.75, 3.05) is 12.4 Å². The fourth-order valence-corrected chi connectivity index (χ4v) is 4.49. The summed E-state index contributed by atoms with van der Waals surface area (Å²) >= 11 is 2.98. The molecule has 1 saturated heterocycles. The molecule has 5 nitrogen and oxygen atoms in total. The van der Waals surface area contributed by atoms with Crippen molar-refractivity contribution in [1.29, 1.82) is 0 Å². The van der Waals surface area contributed by atoms with E-state index in [0.29, 0.717) is 29.5 Å². The molecule has 0 radical (unpaired) electrons. The third-order valence-electron chi connectivity index (χ3n) is 3.67. The largest absolute Gasteiger partial charge is 0.463 e. The number of aliphatic imine (C=N–C) groups is 1. The molecule has 0 aromatic carbocycles. The molecule has 23 heavy (non-hydrogen) atoms. The van der Waals surface area contributed by atoms with E-state index in [1.54, 1.807) is 11.8 Å². The number of thioether (sulfide) groups is 1. The monoisotopic (exact) mass is 350 g/mol. The highest BCUT2D eigenvalue weighted by atomic mass is 32.2. The average molecular weight is 350 g/mol. The number of amides is 1. The van der Waals surface area contributed by atoms with Gasteiger partial charge in [0.1, 0.15) is 6.04 Å². The molecule has 1 aromatic heterocycles. The minimum absolute atomic E-state index is 0.00973. The highest BCUT2D eigenvalue weighted by Gasteiger charge is 2.44. The van der Waals surface area contributed by atoms with Crippen LogP contribution in [-0.2, 0) is 14.3 Å². The van der Waals surface area contributed by atoms with Gasteiger partial charge in [-0.15, -0.1) is 11.3 Å². The number of fused-ring (bicyclic) bond motifs is 1. The van der Waals surface area contributed by atoms with E-state index in [9.17, 15) is 9.59 Å². The van der Waals surface area contributed by atoms with Crippen molar-refractivity contribution in [3.63, 3.8) is 0 Å². The van der Waals surface area contributed by atoms with Crippen molar-refractivity contribution in [3.8, 4) is 0 Å². The Bertz CT molecular complexity index is 680. The number of allylic oxidation sites excluding steroid dienone is 1. The van der Waals surface area contributed by atoms with Gasteiger partial charge in [-0.2, -0.15) is 0 Å². The second kappa shape index (κ2) is 6.88. The summed E-state index contributed by atoms with van der Waals surface area (Å²) in [6.45, 7) is 4.14. The molecule has 1 unspecified atom stereocenters. The van der Waals surface area contributed by atoms with Crippen molar-refractivity contribution < 1.29 is 14.3 Å². The number of amidine groups is 1. The number of hydrogen-bond donors (Lipinski definition) is 0. The molecule has 0 aliphatic carbocycles. The Kier molecular flexibility index (Phi) is 4.87. The molecule has 1 fully saturated rings. The first-order chi connectivity index (χ1) is 11.2. The number of nitrogens with zero attached hydrogens (tertiary/aromatic N) is 2. The molecule has 3 heterocycles. The van der Waals surface area contributed by atoms with Gasteiger partial charge in [0, 0.05) is 4.88 Å². The van der Waals surface area contributed by atoms with Crippen molar-refractivity contribution in [2.45, 2.75) is 32.7 Å². The lowest BCUT2D eigenvalue weighted by molar-refractivity contribution is -0.139. The topological polar surface area (TPSA) is 59.0 Å². The van der Waals surface area contributed by atoms with Crippen LogP contribution in [0.2, 0.25) is 0 Å². The zero-order chi connectivity index (χ0) is 16.4. The zero-order valence-corrected chi connectivity index (χ0v) is 14.7. The van der Waals surface area contributed by atoms with E-state index in [4.69, 9.17) is 4.74 Å². The summed E-state index contributed by atoms with van der Waals surface area (Å²) in [4.78, 5) is 32.2. The smallest absolute Gasteiger partial charge is 0.338 e. The maximum absolute atomic E-state index is 12.6. The van der Waals surface area contributed by atoms with Crippen molar-refractivity contribution >= 4 is 40.1 Å². The number of ether oxygens (including phenoxy) is 1. The number of carbonyl (C=O) groups excluding carboxylic acids is 2.